The molecule has 1 aromatic heterocycles. The molecule has 0 bridgehead atoms. The first-order chi connectivity index (χ1) is 7.11. The molecule has 0 atom stereocenters. The largest absolute Gasteiger partial charge is 0.476 e. The first-order valence-corrected chi connectivity index (χ1v) is 5.14. The van der Waals surface area contributed by atoms with Gasteiger partial charge in [0.25, 0.3) is 0 Å². The Morgan fingerprint density at radius 2 is 2.33 bits per heavy atom. The molecule has 15 heavy (non-hydrogen) atoms. The van der Waals surface area contributed by atoms with Gasteiger partial charge < -0.3 is 15.0 Å². The number of imidazole rings is 1. The van der Waals surface area contributed by atoms with Crippen molar-refractivity contribution in [2.45, 2.75) is 32.9 Å². The molecule has 5 nitrogen and oxygen atoms in total. The fraction of sp³-hybridized carbons (Fsp3) is 0.600. The van der Waals surface area contributed by atoms with Gasteiger partial charge in [0.05, 0.1) is 5.69 Å². The summed E-state index contributed by atoms with van der Waals surface area (Å²) in [4.78, 5) is 15.2. The van der Waals surface area contributed by atoms with Crippen molar-refractivity contribution in [2.24, 2.45) is 0 Å². The predicted molar refractivity (Wildman–Crippen MR) is 55.0 cm³/mol. The van der Waals surface area contributed by atoms with E-state index in [0.29, 0.717) is 6.54 Å². The first kappa shape index (κ1) is 10.2. The van der Waals surface area contributed by atoms with Crippen molar-refractivity contribution in [3.63, 3.8) is 0 Å². The van der Waals surface area contributed by atoms with Crippen LogP contribution in [0.15, 0.2) is 0 Å². The summed E-state index contributed by atoms with van der Waals surface area (Å²) in [6.45, 7) is 6.35. The monoisotopic (exact) mass is 209 g/mol. The smallest absolute Gasteiger partial charge is 0.356 e. The SMILES string of the molecule is CC(C)c1nc(C(=O)O)c2n1CCNC2. The molecular weight excluding hydrogens is 194 g/mol. The summed E-state index contributed by atoms with van der Waals surface area (Å²) in [5.41, 5.74) is 1.00. The number of nitrogens with one attached hydrogen (secondary N) is 1. The number of fused-ring (bicyclic) bond motifs is 1. The normalized spacial score (nSPS) is 15.4. The minimum Gasteiger partial charge on any atom is -0.476 e. The third kappa shape index (κ3) is 1.63. The van der Waals surface area contributed by atoms with Gasteiger partial charge >= 0.3 is 5.97 Å². The van der Waals surface area contributed by atoms with Gasteiger partial charge in [-0.1, -0.05) is 13.8 Å². The molecule has 1 aromatic rings. The number of carboxylic acids is 1. The number of carbonyl (C=O) groups is 1. The van der Waals surface area contributed by atoms with Crippen molar-refractivity contribution in [2.75, 3.05) is 6.54 Å². The van der Waals surface area contributed by atoms with E-state index in [4.69, 9.17) is 5.11 Å². The number of aromatic nitrogens is 2. The van der Waals surface area contributed by atoms with Crippen LogP contribution in [0, 0.1) is 0 Å². The Bertz CT molecular complexity index is 396. The van der Waals surface area contributed by atoms with E-state index in [2.05, 4.69) is 10.3 Å². The Hall–Kier alpha value is -1.36. The van der Waals surface area contributed by atoms with Gasteiger partial charge in [-0.25, -0.2) is 9.78 Å². The molecule has 2 heterocycles. The van der Waals surface area contributed by atoms with Gasteiger partial charge in [-0.15, -0.1) is 0 Å². The average Bonchev–Trinajstić information content (AvgIpc) is 2.56. The summed E-state index contributed by atoms with van der Waals surface area (Å²) < 4.78 is 2.03. The standard InChI is InChI=1S/C10H15N3O2/c1-6(2)9-12-8(10(14)15)7-5-11-3-4-13(7)9/h6,11H,3-5H2,1-2H3,(H,14,15). The number of hydrogen-bond donors (Lipinski definition) is 2. The second kappa shape index (κ2) is 3.66. The van der Waals surface area contributed by atoms with Crippen LogP contribution in [0.3, 0.4) is 0 Å². The lowest BCUT2D eigenvalue weighted by molar-refractivity contribution is 0.0689. The van der Waals surface area contributed by atoms with Crippen LogP contribution in [0.25, 0.3) is 0 Å². The highest BCUT2D eigenvalue weighted by Gasteiger charge is 2.24. The van der Waals surface area contributed by atoms with Crippen LogP contribution in [-0.4, -0.2) is 27.2 Å². The van der Waals surface area contributed by atoms with Gasteiger partial charge in [-0.2, -0.15) is 0 Å². The van der Waals surface area contributed by atoms with Crippen molar-refractivity contribution in [1.29, 1.82) is 0 Å². The average molecular weight is 209 g/mol. The van der Waals surface area contributed by atoms with Gasteiger partial charge in [0.15, 0.2) is 5.69 Å². The highest BCUT2D eigenvalue weighted by Crippen LogP contribution is 2.20. The fourth-order valence-corrected chi connectivity index (χ4v) is 1.94. The molecular formula is C10H15N3O2. The maximum atomic E-state index is 11.0. The van der Waals surface area contributed by atoms with Crippen molar-refractivity contribution in [3.8, 4) is 0 Å². The molecule has 0 spiro atoms. The van der Waals surface area contributed by atoms with Crippen LogP contribution in [0.4, 0.5) is 0 Å². The summed E-state index contributed by atoms with van der Waals surface area (Å²) in [5, 5.41) is 12.2. The highest BCUT2D eigenvalue weighted by atomic mass is 16.4. The highest BCUT2D eigenvalue weighted by molar-refractivity contribution is 5.87. The topological polar surface area (TPSA) is 67.1 Å². The van der Waals surface area contributed by atoms with Crippen LogP contribution in [0.2, 0.25) is 0 Å². The Balaban J connectivity index is 2.54. The Labute approximate surface area is 88.1 Å². The summed E-state index contributed by atoms with van der Waals surface area (Å²) in [5.74, 6) is 0.202. The summed E-state index contributed by atoms with van der Waals surface area (Å²) in [6, 6.07) is 0. The second-order valence-electron chi connectivity index (χ2n) is 4.05. The summed E-state index contributed by atoms with van der Waals surface area (Å²) in [7, 11) is 0. The number of carboxylic acid groups (broad SMARTS) is 1. The van der Waals surface area contributed by atoms with E-state index in [1.54, 1.807) is 0 Å². The molecule has 0 saturated heterocycles. The quantitative estimate of drug-likeness (QED) is 0.756. The predicted octanol–water partition coefficient (Wildman–Crippen LogP) is 0.808. The molecule has 2 rings (SSSR count). The lowest BCUT2D eigenvalue weighted by Crippen LogP contribution is -2.29. The van der Waals surface area contributed by atoms with Crippen molar-refractivity contribution in [1.82, 2.24) is 14.9 Å². The zero-order valence-electron chi connectivity index (χ0n) is 8.95. The van der Waals surface area contributed by atoms with Gasteiger partial charge in [-0.05, 0) is 0 Å². The van der Waals surface area contributed by atoms with E-state index in [9.17, 15) is 4.79 Å². The van der Waals surface area contributed by atoms with Gasteiger partial charge in [-0.3, -0.25) is 0 Å². The van der Waals surface area contributed by atoms with Crippen LogP contribution in [0.1, 0.15) is 41.8 Å². The molecule has 0 aliphatic carbocycles. The minimum absolute atomic E-state index is 0.200. The molecule has 82 valence electrons. The number of aromatic carboxylic acids is 1. The van der Waals surface area contributed by atoms with E-state index in [0.717, 1.165) is 24.6 Å². The fourth-order valence-electron chi connectivity index (χ4n) is 1.94. The Morgan fingerprint density at radius 3 is 2.93 bits per heavy atom. The molecule has 0 fully saturated rings. The zero-order valence-corrected chi connectivity index (χ0v) is 8.95. The molecule has 5 heteroatoms. The van der Waals surface area contributed by atoms with E-state index in [1.807, 2.05) is 18.4 Å². The van der Waals surface area contributed by atoms with E-state index in [-0.39, 0.29) is 11.6 Å². The Morgan fingerprint density at radius 1 is 1.60 bits per heavy atom. The zero-order chi connectivity index (χ0) is 11.0. The second-order valence-corrected chi connectivity index (χ2v) is 4.05. The van der Waals surface area contributed by atoms with E-state index < -0.39 is 5.97 Å². The van der Waals surface area contributed by atoms with E-state index >= 15 is 0 Å². The van der Waals surface area contributed by atoms with Crippen LogP contribution in [-0.2, 0) is 13.1 Å². The molecule has 0 unspecified atom stereocenters. The molecule has 0 saturated carbocycles. The Kier molecular flexibility index (Phi) is 2.48. The lowest BCUT2D eigenvalue weighted by Gasteiger charge is -2.19. The number of hydrogen-bond acceptors (Lipinski definition) is 3. The number of nitrogens with zero attached hydrogens (tertiary/aromatic N) is 2. The van der Waals surface area contributed by atoms with Crippen LogP contribution < -0.4 is 5.32 Å². The van der Waals surface area contributed by atoms with Gasteiger partial charge in [0.2, 0.25) is 0 Å². The van der Waals surface area contributed by atoms with Crippen molar-refractivity contribution in [3.05, 3.63) is 17.2 Å². The van der Waals surface area contributed by atoms with Crippen LogP contribution in [0.5, 0.6) is 0 Å². The lowest BCUT2D eigenvalue weighted by atomic mass is 10.2. The number of rotatable bonds is 2. The maximum Gasteiger partial charge on any atom is 0.356 e. The first-order valence-electron chi connectivity index (χ1n) is 5.14. The molecule has 0 aromatic carbocycles. The summed E-state index contributed by atoms with van der Waals surface area (Å²) in [6.07, 6.45) is 0. The summed E-state index contributed by atoms with van der Waals surface area (Å²) >= 11 is 0. The van der Waals surface area contributed by atoms with Crippen LogP contribution >= 0.6 is 0 Å². The third-order valence-electron chi connectivity index (χ3n) is 2.63. The molecule has 0 amide bonds. The van der Waals surface area contributed by atoms with E-state index in [1.165, 1.54) is 0 Å². The van der Waals surface area contributed by atoms with Crippen molar-refractivity contribution < 1.29 is 9.90 Å². The molecule has 0 radical (unpaired) electrons. The third-order valence-corrected chi connectivity index (χ3v) is 2.63. The van der Waals surface area contributed by atoms with Crippen molar-refractivity contribution >= 4 is 5.97 Å². The molecule has 1 aliphatic heterocycles. The molecule has 2 N–H and O–H groups in total. The minimum atomic E-state index is -0.936. The maximum absolute atomic E-state index is 11.0. The van der Waals surface area contributed by atoms with Gasteiger partial charge in [0, 0.05) is 25.6 Å². The molecule has 1 aliphatic rings. The van der Waals surface area contributed by atoms with Gasteiger partial charge in [0.1, 0.15) is 5.82 Å².